The van der Waals surface area contributed by atoms with Crippen LogP contribution in [0.5, 0.6) is 0 Å². The molecule has 3 heteroatoms. The van der Waals surface area contributed by atoms with Gasteiger partial charge in [0, 0.05) is 11.5 Å². The molecule has 1 unspecified atom stereocenters. The molecule has 0 rings (SSSR count). The van der Waals surface area contributed by atoms with E-state index >= 15 is 0 Å². The molecule has 10 heavy (non-hydrogen) atoms. The molecule has 0 aromatic rings. The lowest BCUT2D eigenvalue weighted by Crippen LogP contribution is -2.14. The lowest BCUT2D eigenvalue weighted by molar-refractivity contribution is -0.133. The van der Waals surface area contributed by atoms with Crippen LogP contribution in [0.3, 0.4) is 0 Å². The highest BCUT2D eigenvalue weighted by molar-refractivity contribution is 5.86. The van der Waals surface area contributed by atoms with Crippen molar-refractivity contribution in [3.05, 3.63) is 12.2 Å². The van der Waals surface area contributed by atoms with Crippen molar-refractivity contribution in [3.63, 3.8) is 0 Å². The summed E-state index contributed by atoms with van der Waals surface area (Å²) in [6.45, 7) is 5.01. The smallest absolute Gasteiger partial charge is 0.331 e. The van der Waals surface area contributed by atoms with Crippen molar-refractivity contribution in [2.24, 2.45) is 5.92 Å². The van der Waals surface area contributed by atoms with Crippen LogP contribution in [-0.4, -0.2) is 22.8 Å². The molecule has 58 valence electrons. The Morgan fingerprint density at radius 3 is 2.30 bits per heavy atom. The molecule has 0 aliphatic rings. The third-order valence-corrected chi connectivity index (χ3v) is 1.48. The highest BCUT2D eigenvalue weighted by atomic mass is 16.4. The van der Waals surface area contributed by atoms with Crippen LogP contribution in [0.25, 0.3) is 0 Å². The molecule has 0 saturated heterocycles. The minimum absolute atomic E-state index is 0.0880. The zero-order valence-corrected chi connectivity index (χ0v) is 6.00. The number of aliphatic hydroxyl groups excluding tert-OH is 1. The molecular formula is C7H12O3. The summed E-state index contributed by atoms with van der Waals surface area (Å²) in [5.74, 6) is -1.32. The number of carboxylic acid groups (broad SMARTS) is 1. The molecule has 0 saturated carbocycles. The van der Waals surface area contributed by atoms with Gasteiger partial charge in [-0.15, -0.1) is 0 Å². The summed E-state index contributed by atoms with van der Waals surface area (Å²) in [6, 6.07) is 0. The molecule has 0 amide bonds. The van der Waals surface area contributed by atoms with E-state index < -0.39 is 5.97 Å². The van der Waals surface area contributed by atoms with E-state index in [1.54, 1.807) is 0 Å². The van der Waals surface area contributed by atoms with Crippen LogP contribution in [0.2, 0.25) is 0 Å². The van der Waals surface area contributed by atoms with Crippen LogP contribution < -0.4 is 0 Å². The average molecular weight is 144 g/mol. The normalized spacial score (nSPS) is 12.6. The van der Waals surface area contributed by atoms with Gasteiger partial charge in [0.25, 0.3) is 0 Å². The fraction of sp³-hybridized carbons (Fsp3) is 0.571. The first-order valence-electron chi connectivity index (χ1n) is 3.16. The van der Waals surface area contributed by atoms with Crippen LogP contribution in [-0.2, 0) is 4.79 Å². The van der Waals surface area contributed by atoms with Gasteiger partial charge in [0.15, 0.2) is 0 Å². The SMILES string of the molecule is C=C(C(=O)O)C(CC)CO. The first-order chi connectivity index (χ1) is 4.63. The number of carbonyl (C=O) groups is 1. The fourth-order valence-corrected chi connectivity index (χ4v) is 0.660. The predicted molar refractivity (Wildman–Crippen MR) is 37.6 cm³/mol. The van der Waals surface area contributed by atoms with Gasteiger partial charge in [-0.2, -0.15) is 0 Å². The van der Waals surface area contributed by atoms with Crippen LogP contribution in [0, 0.1) is 5.92 Å². The van der Waals surface area contributed by atoms with Gasteiger partial charge in [-0.1, -0.05) is 13.5 Å². The topological polar surface area (TPSA) is 57.5 Å². The average Bonchev–Trinajstić information content (AvgIpc) is 1.90. The predicted octanol–water partition coefficient (Wildman–Crippen LogP) is 0.646. The summed E-state index contributed by atoms with van der Waals surface area (Å²) in [5, 5.41) is 17.0. The van der Waals surface area contributed by atoms with Gasteiger partial charge >= 0.3 is 5.97 Å². The largest absolute Gasteiger partial charge is 0.478 e. The lowest BCUT2D eigenvalue weighted by atomic mass is 9.99. The Morgan fingerprint density at radius 1 is 1.70 bits per heavy atom. The van der Waals surface area contributed by atoms with Gasteiger partial charge in [-0.05, 0) is 6.42 Å². The van der Waals surface area contributed by atoms with E-state index in [-0.39, 0.29) is 18.1 Å². The minimum atomic E-state index is -1.03. The second-order valence-electron chi connectivity index (χ2n) is 2.12. The fourth-order valence-electron chi connectivity index (χ4n) is 0.660. The number of aliphatic carboxylic acids is 1. The molecule has 1 atom stereocenters. The van der Waals surface area contributed by atoms with Crippen LogP contribution in [0.1, 0.15) is 13.3 Å². The third-order valence-electron chi connectivity index (χ3n) is 1.48. The van der Waals surface area contributed by atoms with Crippen molar-refractivity contribution >= 4 is 5.97 Å². The van der Waals surface area contributed by atoms with E-state index in [1.165, 1.54) is 0 Å². The monoisotopic (exact) mass is 144 g/mol. The number of carboxylic acids is 1. The van der Waals surface area contributed by atoms with Crippen molar-refractivity contribution < 1.29 is 15.0 Å². The van der Waals surface area contributed by atoms with E-state index in [1.807, 2.05) is 6.92 Å². The van der Waals surface area contributed by atoms with Crippen LogP contribution in [0.15, 0.2) is 12.2 Å². The molecule has 0 aromatic carbocycles. The van der Waals surface area contributed by atoms with Gasteiger partial charge in [0.2, 0.25) is 0 Å². The Hall–Kier alpha value is -0.830. The van der Waals surface area contributed by atoms with Crippen molar-refractivity contribution in [2.75, 3.05) is 6.61 Å². The van der Waals surface area contributed by atoms with Crippen molar-refractivity contribution in [2.45, 2.75) is 13.3 Å². The molecule has 0 fully saturated rings. The van der Waals surface area contributed by atoms with E-state index in [9.17, 15) is 4.79 Å². The highest BCUT2D eigenvalue weighted by Gasteiger charge is 2.14. The summed E-state index contributed by atoms with van der Waals surface area (Å²) < 4.78 is 0. The molecule has 3 nitrogen and oxygen atoms in total. The van der Waals surface area contributed by atoms with Crippen LogP contribution >= 0.6 is 0 Å². The lowest BCUT2D eigenvalue weighted by Gasteiger charge is -2.09. The Balaban J connectivity index is 4.02. The highest BCUT2D eigenvalue weighted by Crippen LogP contribution is 2.11. The summed E-state index contributed by atoms with van der Waals surface area (Å²) in [4.78, 5) is 10.2. The standard InChI is InChI=1S/C7H12O3/c1-3-6(4-8)5(2)7(9)10/h6,8H,2-4H2,1H3,(H,9,10). The first-order valence-corrected chi connectivity index (χ1v) is 3.16. The van der Waals surface area contributed by atoms with Gasteiger partial charge in [-0.3, -0.25) is 0 Å². The van der Waals surface area contributed by atoms with Gasteiger partial charge < -0.3 is 10.2 Å². The van der Waals surface area contributed by atoms with E-state index in [0.29, 0.717) is 6.42 Å². The Morgan fingerprint density at radius 2 is 2.20 bits per heavy atom. The van der Waals surface area contributed by atoms with Crippen molar-refractivity contribution in [3.8, 4) is 0 Å². The second kappa shape index (κ2) is 4.06. The molecular weight excluding hydrogens is 132 g/mol. The minimum Gasteiger partial charge on any atom is -0.478 e. The summed E-state index contributed by atoms with van der Waals surface area (Å²) in [6.07, 6.45) is 0.613. The molecule has 0 radical (unpaired) electrons. The number of aliphatic hydroxyl groups is 1. The maximum Gasteiger partial charge on any atom is 0.331 e. The van der Waals surface area contributed by atoms with E-state index in [0.717, 1.165) is 0 Å². The van der Waals surface area contributed by atoms with E-state index in [2.05, 4.69) is 6.58 Å². The van der Waals surface area contributed by atoms with Gasteiger partial charge in [0.05, 0.1) is 6.61 Å². The van der Waals surface area contributed by atoms with Crippen molar-refractivity contribution in [1.82, 2.24) is 0 Å². The molecule has 0 bridgehead atoms. The molecule has 0 aromatic heterocycles. The number of hydrogen-bond acceptors (Lipinski definition) is 2. The quantitative estimate of drug-likeness (QED) is 0.569. The Kier molecular flexibility index (Phi) is 3.72. The van der Waals surface area contributed by atoms with Crippen molar-refractivity contribution in [1.29, 1.82) is 0 Å². The third kappa shape index (κ3) is 2.19. The number of hydrogen-bond donors (Lipinski definition) is 2. The molecule has 0 spiro atoms. The zero-order valence-electron chi connectivity index (χ0n) is 6.00. The van der Waals surface area contributed by atoms with Gasteiger partial charge in [-0.25, -0.2) is 4.79 Å². The van der Waals surface area contributed by atoms with Gasteiger partial charge in [0.1, 0.15) is 0 Å². The van der Waals surface area contributed by atoms with Crippen LogP contribution in [0.4, 0.5) is 0 Å². The zero-order chi connectivity index (χ0) is 8.15. The van der Waals surface area contributed by atoms with E-state index in [4.69, 9.17) is 10.2 Å². The summed E-state index contributed by atoms with van der Waals surface area (Å²) in [5.41, 5.74) is 0.0880. The number of rotatable bonds is 4. The molecule has 0 heterocycles. The maximum atomic E-state index is 10.2. The molecule has 0 aliphatic heterocycles. The Bertz CT molecular complexity index is 136. The second-order valence-corrected chi connectivity index (χ2v) is 2.12. The summed E-state index contributed by atoms with van der Waals surface area (Å²) in [7, 11) is 0. The first kappa shape index (κ1) is 9.17. The summed E-state index contributed by atoms with van der Waals surface area (Å²) >= 11 is 0. The molecule has 0 aliphatic carbocycles. The maximum absolute atomic E-state index is 10.2. The Labute approximate surface area is 60.0 Å². The molecule has 2 N–H and O–H groups in total.